The summed E-state index contributed by atoms with van der Waals surface area (Å²) in [7, 11) is 0. The first kappa shape index (κ1) is 12.7. The van der Waals surface area contributed by atoms with E-state index in [1.54, 1.807) is 11.3 Å². The molecule has 3 heteroatoms. The molecule has 1 aromatic rings. The van der Waals surface area contributed by atoms with Crippen molar-refractivity contribution in [3.05, 3.63) is 21.9 Å². The third-order valence-corrected chi connectivity index (χ3v) is 3.49. The predicted octanol–water partition coefficient (Wildman–Crippen LogP) is 3.12. The van der Waals surface area contributed by atoms with Gasteiger partial charge in [0.15, 0.2) is 0 Å². The lowest BCUT2D eigenvalue weighted by Gasteiger charge is -2.27. The maximum absolute atomic E-state index is 6.25. The standard InChI is InChI=1S/C12H21NOS/c1-5-14-12(8(2)3)11(13)10-6-7-15-9(10)4/h6-8,11-12H,5,13H2,1-4H3. The average Bonchev–Trinajstić information content (AvgIpc) is 2.59. The molecule has 1 aromatic heterocycles. The Labute approximate surface area is 96.4 Å². The minimum atomic E-state index is -0.00352. The summed E-state index contributed by atoms with van der Waals surface area (Å²) < 4.78 is 5.72. The van der Waals surface area contributed by atoms with Crippen LogP contribution < -0.4 is 5.73 Å². The van der Waals surface area contributed by atoms with Gasteiger partial charge in [-0.1, -0.05) is 13.8 Å². The fourth-order valence-corrected chi connectivity index (χ4v) is 2.58. The van der Waals surface area contributed by atoms with Crippen molar-refractivity contribution in [2.75, 3.05) is 6.61 Å². The minimum Gasteiger partial charge on any atom is -0.376 e. The lowest BCUT2D eigenvalue weighted by Crippen LogP contribution is -2.33. The summed E-state index contributed by atoms with van der Waals surface area (Å²) in [4.78, 5) is 1.30. The second kappa shape index (κ2) is 5.64. The van der Waals surface area contributed by atoms with Crippen LogP contribution in [0.5, 0.6) is 0 Å². The van der Waals surface area contributed by atoms with E-state index < -0.39 is 0 Å². The highest BCUT2D eigenvalue weighted by molar-refractivity contribution is 7.10. The van der Waals surface area contributed by atoms with Crippen LogP contribution in [0.25, 0.3) is 0 Å². The maximum atomic E-state index is 6.25. The van der Waals surface area contributed by atoms with E-state index in [1.807, 2.05) is 6.92 Å². The predicted molar refractivity (Wildman–Crippen MR) is 66.2 cm³/mol. The van der Waals surface area contributed by atoms with Crippen LogP contribution in [0.1, 0.15) is 37.3 Å². The van der Waals surface area contributed by atoms with Gasteiger partial charge in [0, 0.05) is 11.5 Å². The van der Waals surface area contributed by atoms with Gasteiger partial charge in [-0.15, -0.1) is 11.3 Å². The summed E-state index contributed by atoms with van der Waals surface area (Å²) in [6, 6.07) is 2.11. The molecule has 1 rings (SSSR count). The number of hydrogen-bond acceptors (Lipinski definition) is 3. The summed E-state index contributed by atoms with van der Waals surface area (Å²) in [5.41, 5.74) is 7.48. The van der Waals surface area contributed by atoms with E-state index in [4.69, 9.17) is 10.5 Å². The van der Waals surface area contributed by atoms with Crippen LogP contribution in [0.2, 0.25) is 0 Å². The molecule has 0 radical (unpaired) electrons. The van der Waals surface area contributed by atoms with Gasteiger partial charge in [0.05, 0.1) is 12.1 Å². The second-order valence-electron chi connectivity index (χ2n) is 4.12. The van der Waals surface area contributed by atoms with Gasteiger partial charge in [-0.2, -0.15) is 0 Å². The monoisotopic (exact) mass is 227 g/mol. The first-order valence-corrected chi connectivity index (χ1v) is 6.37. The summed E-state index contributed by atoms with van der Waals surface area (Å²) >= 11 is 1.74. The van der Waals surface area contributed by atoms with Crippen molar-refractivity contribution in [3.63, 3.8) is 0 Å². The lowest BCUT2D eigenvalue weighted by atomic mass is 9.95. The van der Waals surface area contributed by atoms with Crippen LogP contribution in [0, 0.1) is 12.8 Å². The highest BCUT2D eigenvalue weighted by atomic mass is 32.1. The molecule has 0 aliphatic heterocycles. The molecular formula is C12H21NOS. The molecule has 2 N–H and O–H groups in total. The van der Waals surface area contributed by atoms with Crippen molar-refractivity contribution >= 4 is 11.3 Å². The van der Waals surface area contributed by atoms with E-state index in [1.165, 1.54) is 10.4 Å². The van der Waals surface area contributed by atoms with E-state index >= 15 is 0 Å². The van der Waals surface area contributed by atoms with Gasteiger partial charge in [0.1, 0.15) is 0 Å². The normalized spacial score (nSPS) is 15.6. The molecule has 15 heavy (non-hydrogen) atoms. The average molecular weight is 227 g/mol. The molecule has 86 valence electrons. The molecule has 0 saturated heterocycles. The zero-order chi connectivity index (χ0) is 11.4. The van der Waals surface area contributed by atoms with Crippen molar-refractivity contribution in [1.82, 2.24) is 0 Å². The van der Waals surface area contributed by atoms with E-state index in [2.05, 4.69) is 32.2 Å². The molecule has 0 bridgehead atoms. The topological polar surface area (TPSA) is 35.2 Å². The third-order valence-electron chi connectivity index (χ3n) is 2.63. The Morgan fingerprint density at radius 2 is 2.13 bits per heavy atom. The number of thiophene rings is 1. The molecule has 0 aliphatic rings. The zero-order valence-corrected chi connectivity index (χ0v) is 10.8. The molecule has 0 aliphatic carbocycles. The molecule has 0 fully saturated rings. The molecular weight excluding hydrogens is 206 g/mol. The molecule has 0 saturated carbocycles. The van der Waals surface area contributed by atoms with Gasteiger partial charge < -0.3 is 10.5 Å². The van der Waals surface area contributed by atoms with Crippen LogP contribution >= 0.6 is 11.3 Å². The van der Waals surface area contributed by atoms with Crippen LogP contribution in [0.4, 0.5) is 0 Å². The summed E-state index contributed by atoms with van der Waals surface area (Å²) in [6.45, 7) is 9.16. The maximum Gasteiger partial charge on any atom is 0.0790 e. The van der Waals surface area contributed by atoms with Crippen molar-refractivity contribution in [2.24, 2.45) is 11.7 Å². The molecule has 2 nitrogen and oxygen atoms in total. The highest BCUT2D eigenvalue weighted by Crippen LogP contribution is 2.27. The van der Waals surface area contributed by atoms with Crippen LogP contribution in [0.15, 0.2) is 11.4 Å². The first-order chi connectivity index (χ1) is 7.07. The van der Waals surface area contributed by atoms with Crippen molar-refractivity contribution in [1.29, 1.82) is 0 Å². The van der Waals surface area contributed by atoms with Gasteiger partial charge in [-0.05, 0) is 36.8 Å². The lowest BCUT2D eigenvalue weighted by molar-refractivity contribution is 0.0121. The molecule has 0 amide bonds. The SMILES string of the molecule is CCOC(C(C)C)C(N)c1ccsc1C. The quantitative estimate of drug-likeness (QED) is 0.839. The molecule has 0 aromatic carbocycles. The third kappa shape index (κ3) is 3.03. The van der Waals surface area contributed by atoms with Gasteiger partial charge in [0.25, 0.3) is 0 Å². The van der Waals surface area contributed by atoms with Crippen molar-refractivity contribution in [3.8, 4) is 0 Å². The van der Waals surface area contributed by atoms with E-state index in [-0.39, 0.29) is 12.1 Å². The van der Waals surface area contributed by atoms with Gasteiger partial charge in [0.2, 0.25) is 0 Å². The van der Waals surface area contributed by atoms with Crippen LogP contribution in [-0.2, 0) is 4.74 Å². The van der Waals surface area contributed by atoms with Crippen molar-refractivity contribution < 1.29 is 4.74 Å². The number of aryl methyl sites for hydroxylation is 1. The zero-order valence-electron chi connectivity index (χ0n) is 9.99. The van der Waals surface area contributed by atoms with Gasteiger partial charge >= 0.3 is 0 Å². The molecule has 1 heterocycles. The smallest absolute Gasteiger partial charge is 0.0790 e. The fourth-order valence-electron chi connectivity index (χ4n) is 1.82. The summed E-state index contributed by atoms with van der Waals surface area (Å²) in [5, 5.41) is 2.09. The number of nitrogens with two attached hydrogens (primary N) is 1. The number of rotatable bonds is 5. The Morgan fingerprint density at radius 1 is 1.47 bits per heavy atom. The summed E-state index contributed by atoms with van der Waals surface area (Å²) in [6.07, 6.45) is 0.114. The number of ether oxygens (including phenoxy) is 1. The molecule has 0 spiro atoms. The minimum absolute atomic E-state index is 0.00352. The Balaban J connectivity index is 2.80. The van der Waals surface area contributed by atoms with E-state index in [9.17, 15) is 0 Å². The van der Waals surface area contributed by atoms with Gasteiger partial charge in [-0.25, -0.2) is 0 Å². The molecule has 2 unspecified atom stereocenters. The Kier molecular flexibility index (Phi) is 4.77. The highest BCUT2D eigenvalue weighted by Gasteiger charge is 2.24. The largest absolute Gasteiger partial charge is 0.376 e. The fraction of sp³-hybridized carbons (Fsp3) is 0.667. The Hall–Kier alpha value is -0.380. The second-order valence-corrected chi connectivity index (χ2v) is 5.24. The van der Waals surface area contributed by atoms with Gasteiger partial charge in [-0.3, -0.25) is 0 Å². The Morgan fingerprint density at radius 3 is 2.53 bits per heavy atom. The van der Waals surface area contributed by atoms with Crippen LogP contribution in [-0.4, -0.2) is 12.7 Å². The first-order valence-electron chi connectivity index (χ1n) is 5.49. The Bertz CT molecular complexity index is 296. The van der Waals surface area contributed by atoms with E-state index in [0.717, 1.165) is 6.61 Å². The number of hydrogen-bond donors (Lipinski definition) is 1. The molecule has 2 atom stereocenters. The summed E-state index contributed by atoms with van der Waals surface area (Å²) in [5.74, 6) is 0.444. The van der Waals surface area contributed by atoms with Crippen molar-refractivity contribution in [2.45, 2.75) is 39.8 Å². The van der Waals surface area contributed by atoms with Crippen LogP contribution in [0.3, 0.4) is 0 Å². The van der Waals surface area contributed by atoms with E-state index in [0.29, 0.717) is 5.92 Å².